The highest BCUT2D eigenvalue weighted by Crippen LogP contribution is 2.41. The molecule has 0 aromatic heterocycles. The second-order valence-electron chi connectivity index (χ2n) is 8.37. The number of fused-ring (bicyclic) bond motifs is 1. The van der Waals surface area contributed by atoms with Crippen molar-refractivity contribution in [2.45, 2.75) is 26.3 Å². The van der Waals surface area contributed by atoms with E-state index in [1.54, 1.807) is 18.2 Å². The highest BCUT2D eigenvalue weighted by molar-refractivity contribution is 9.10. The number of amides is 2. The number of nitrogens with zero attached hydrogens (tertiary/aromatic N) is 2. The van der Waals surface area contributed by atoms with Crippen molar-refractivity contribution in [1.82, 2.24) is 5.32 Å². The lowest BCUT2D eigenvalue weighted by Crippen LogP contribution is -2.54. The van der Waals surface area contributed by atoms with Gasteiger partial charge >= 0.3 is 0 Å². The fraction of sp³-hybridized carbons (Fsp3) is 0.208. The summed E-state index contributed by atoms with van der Waals surface area (Å²) >= 11 is 15.3. The number of hydrogen-bond donors (Lipinski definition) is 1. The number of carbonyl (C=O) groups is 2. The first-order valence-electron chi connectivity index (χ1n) is 9.94. The first kappa shape index (κ1) is 22.7. The second kappa shape index (κ2) is 8.14. The van der Waals surface area contributed by atoms with E-state index in [0.29, 0.717) is 16.3 Å². The molecule has 0 aliphatic carbocycles. The highest BCUT2D eigenvalue weighted by Gasteiger charge is 2.35. The highest BCUT2D eigenvalue weighted by atomic mass is 79.9. The minimum Gasteiger partial charge on any atom is -0.365 e. The summed E-state index contributed by atoms with van der Waals surface area (Å²) in [7, 11) is 2.02. The van der Waals surface area contributed by atoms with E-state index in [1.165, 1.54) is 11.0 Å². The molecule has 0 saturated carbocycles. The van der Waals surface area contributed by atoms with Gasteiger partial charge in [0.25, 0.3) is 11.8 Å². The molecule has 1 fully saturated rings. The van der Waals surface area contributed by atoms with Crippen LogP contribution in [0.5, 0.6) is 0 Å². The normalized spacial score (nSPS) is 19.1. The monoisotopic (exact) mass is 529 g/mol. The molecular weight excluding hydrogens is 510 g/mol. The van der Waals surface area contributed by atoms with E-state index in [0.717, 1.165) is 21.3 Å². The van der Waals surface area contributed by atoms with Crippen LogP contribution in [0.25, 0.3) is 11.6 Å². The topological polar surface area (TPSA) is 52.7 Å². The Bertz CT molecular complexity index is 1250. The number of hydrogen-bond acceptors (Lipinski definition) is 4. The fourth-order valence-corrected chi connectivity index (χ4v) is 4.84. The summed E-state index contributed by atoms with van der Waals surface area (Å²) < 4.78 is 0.792. The molecule has 5 nitrogen and oxygen atoms in total. The molecule has 1 N–H and O–H groups in total. The lowest BCUT2D eigenvalue weighted by atomic mass is 9.88. The second-order valence-corrected chi connectivity index (χ2v) is 10.1. The van der Waals surface area contributed by atoms with Crippen molar-refractivity contribution >= 4 is 79.7 Å². The Labute approximate surface area is 205 Å². The van der Waals surface area contributed by atoms with E-state index in [4.69, 9.17) is 23.8 Å². The summed E-state index contributed by atoms with van der Waals surface area (Å²) in [6.45, 7) is 6.31. The number of carbonyl (C=O) groups excluding carboxylic acids is 2. The van der Waals surface area contributed by atoms with Crippen molar-refractivity contribution in [3.8, 4) is 0 Å². The Morgan fingerprint density at radius 3 is 2.59 bits per heavy atom. The largest absolute Gasteiger partial charge is 0.365 e. The van der Waals surface area contributed by atoms with E-state index in [-0.39, 0.29) is 16.2 Å². The van der Waals surface area contributed by atoms with Crippen molar-refractivity contribution in [2.75, 3.05) is 16.8 Å². The minimum absolute atomic E-state index is 0.0356. The molecule has 0 unspecified atom stereocenters. The molecule has 0 spiro atoms. The summed E-state index contributed by atoms with van der Waals surface area (Å²) in [5.41, 5.74) is 4.07. The zero-order chi connectivity index (χ0) is 23.4. The van der Waals surface area contributed by atoms with Crippen LogP contribution in [0.4, 0.5) is 11.4 Å². The molecule has 32 heavy (non-hydrogen) atoms. The Morgan fingerprint density at radius 1 is 1.19 bits per heavy atom. The van der Waals surface area contributed by atoms with E-state index >= 15 is 0 Å². The third-order valence-corrected chi connectivity index (χ3v) is 6.91. The number of allylic oxidation sites excluding steroid dienone is 1. The number of benzene rings is 2. The fourth-order valence-electron chi connectivity index (χ4n) is 3.96. The quantitative estimate of drug-likeness (QED) is 0.314. The van der Waals surface area contributed by atoms with Gasteiger partial charge in [-0.2, -0.15) is 0 Å². The number of thiocarbonyl (C=S) groups is 1. The number of rotatable bonds is 2. The van der Waals surface area contributed by atoms with Gasteiger partial charge in [0, 0.05) is 27.8 Å². The smallest absolute Gasteiger partial charge is 0.270 e. The maximum atomic E-state index is 13.3. The van der Waals surface area contributed by atoms with Crippen LogP contribution in [0.15, 0.2) is 52.5 Å². The summed E-state index contributed by atoms with van der Waals surface area (Å²) in [5.74, 6) is -1.05. The van der Waals surface area contributed by atoms with Crippen LogP contribution in [0.2, 0.25) is 5.02 Å². The van der Waals surface area contributed by atoms with Gasteiger partial charge in [0.2, 0.25) is 0 Å². The van der Waals surface area contributed by atoms with Crippen molar-refractivity contribution in [1.29, 1.82) is 0 Å². The number of halogens is 2. The van der Waals surface area contributed by atoms with Gasteiger partial charge in [0.15, 0.2) is 5.11 Å². The molecule has 8 heteroatoms. The van der Waals surface area contributed by atoms with Gasteiger partial charge in [-0.25, -0.2) is 0 Å². The maximum Gasteiger partial charge on any atom is 0.270 e. The molecule has 2 aromatic rings. The van der Waals surface area contributed by atoms with Crippen LogP contribution >= 0.6 is 39.7 Å². The first-order chi connectivity index (χ1) is 15.0. The van der Waals surface area contributed by atoms with Gasteiger partial charge < -0.3 is 4.90 Å². The molecule has 2 aliphatic heterocycles. The van der Waals surface area contributed by atoms with Crippen LogP contribution in [0.3, 0.4) is 0 Å². The molecule has 2 aliphatic rings. The minimum atomic E-state index is -0.550. The van der Waals surface area contributed by atoms with E-state index in [9.17, 15) is 9.59 Å². The molecule has 0 bridgehead atoms. The number of nitrogens with one attached hydrogen (secondary N) is 1. The number of likely N-dealkylation sites (N-methyl/N-ethyl adjacent to an activating group) is 1. The van der Waals surface area contributed by atoms with Crippen molar-refractivity contribution in [2.24, 2.45) is 0 Å². The standard InChI is InChI=1S/C24H21BrClN3O2S/c1-13-12-24(2,3)28(4)20-11-19(26)14(8-17(13)20)9-18-21(30)27-23(32)29(22(18)31)16-7-5-6-15(25)10-16/h5-12H,1-4H3,(H,27,30,32)/b18-9-. The van der Waals surface area contributed by atoms with Crippen molar-refractivity contribution in [3.05, 3.63) is 68.7 Å². The van der Waals surface area contributed by atoms with Crippen molar-refractivity contribution in [3.63, 3.8) is 0 Å². The molecule has 2 aromatic carbocycles. The van der Waals surface area contributed by atoms with E-state index in [2.05, 4.69) is 46.1 Å². The zero-order valence-electron chi connectivity index (χ0n) is 18.0. The van der Waals surface area contributed by atoms with Gasteiger partial charge in [-0.05, 0) is 80.5 Å². The molecule has 0 radical (unpaired) electrons. The van der Waals surface area contributed by atoms with Crippen LogP contribution in [0.1, 0.15) is 31.9 Å². The zero-order valence-corrected chi connectivity index (χ0v) is 21.2. The van der Waals surface area contributed by atoms with Crippen LogP contribution in [-0.2, 0) is 9.59 Å². The Kier molecular flexibility index (Phi) is 5.77. The SMILES string of the molecule is CC1=CC(C)(C)N(C)c2cc(Cl)c(/C=C3/C(=O)NC(=S)N(c4cccc(Br)c4)C3=O)cc21. The summed E-state index contributed by atoms with van der Waals surface area (Å²) in [6, 6.07) is 10.9. The average molecular weight is 531 g/mol. The molecular formula is C24H21BrClN3O2S. The Balaban J connectivity index is 1.80. The molecule has 1 saturated heterocycles. The van der Waals surface area contributed by atoms with E-state index in [1.807, 2.05) is 32.2 Å². The third kappa shape index (κ3) is 3.89. The van der Waals surface area contributed by atoms with Crippen LogP contribution in [-0.4, -0.2) is 29.5 Å². The third-order valence-electron chi connectivity index (χ3n) is 5.80. The van der Waals surface area contributed by atoms with Gasteiger partial charge in [0.1, 0.15) is 5.57 Å². The van der Waals surface area contributed by atoms with Gasteiger partial charge in [-0.15, -0.1) is 0 Å². The Hall–Kier alpha value is -2.48. The van der Waals surface area contributed by atoms with Crippen LogP contribution in [0, 0.1) is 0 Å². The maximum absolute atomic E-state index is 13.3. The summed E-state index contributed by atoms with van der Waals surface area (Å²) in [4.78, 5) is 29.4. The molecule has 164 valence electrons. The van der Waals surface area contributed by atoms with Crippen LogP contribution < -0.4 is 15.1 Å². The molecule has 2 amide bonds. The summed E-state index contributed by atoms with van der Waals surface area (Å²) in [6.07, 6.45) is 3.71. The van der Waals surface area contributed by atoms with Gasteiger partial charge in [-0.1, -0.05) is 39.7 Å². The molecule has 2 heterocycles. The molecule has 0 atom stereocenters. The van der Waals surface area contributed by atoms with Crippen molar-refractivity contribution < 1.29 is 9.59 Å². The number of anilines is 2. The summed E-state index contributed by atoms with van der Waals surface area (Å²) in [5, 5.41) is 3.10. The lowest BCUT2D eigenvalue weighted by molar-refractivity contribution is -0.122. The molecule has 4 rings (SSSR count). The predicted octanol–water partition coefficient (Wildman–Crippen LogP) is 5.57. The van der Waals surface area contributed by atoms with Gasteiger partial charge in [0.05, 0.1) is 11.2 Å². The Morgan fingerprint density at radius 2 is 1.91 bits per heavy atom. The van der Waals surface area contributed by atoms with Gasteiger partial charge in [-0.3, -0.25) is 19.8 Å². The average Bonchev–Trinajstić information content (AvgIpc) is 2.69. The lowest BCUT2D eigenvalue weighted by Gasteiger charge is -2.40. The predicted molar refractivity (Wildman–Crippen MR) is 138 cm³/mol. The van der Waals surface area contributed by atoms with E-state index < -0.39 is 11.8 Å². The first-order valence-corrected chi connectivity index (χ1v) is 11.5.